The van der Waals surface area contributed by atoms with E-state index in [1.54, 1.807) is 0 Å². The SMILES string of the molecule is CC(N=C=S)S(=O)(=O)O. The van der Waals surface area contributed by atoms with Gasteiger partial charge in [-0.05, 0) is 19.1 Å². The Morgan fingerprint density at radius 1 is 1.78 bits per heavy atom. The third kappa shape index (κ3) is 3.31. The van der Waals surface area contributed by atoms with Crippen molar-refractivity contribution in [3.05, 3.63) is 0 Å². The van der Waals surface area contributed by atoms with E-state index in [4.69, 9.17) is 4.55 Å². The van der Waals surface area contributed by atoms with Gasteiger partial charge in [0.05, 0.1) is 5.16 Å². The molecule has 0 spiro atoms. The van der Waals surface area contributed by atoms with Crippen LogP contribution in [0.5, 0.6) is 0 Å². The highest BCUT2D eigenvalue weighted by molar-refractivity contribution is 7.86. The molecular weight excluding hydrogens is 162 g/mol. The lowest BCUT2D eigenvalue weighted by Crippen LogP contribution is -2.12. The van der Waals surface area contributed by atoms with Crippen LogP contribution in [-0.4, -0.2) is 23.5 Å². The Labute approximate surface area is 58.4 Å². The van der Waals surface area contributed by atoms with Crippen molar-refractivity contribution in [3.63, 3.8) is 0 Å². The smallest absolute Gasteiger partial charge is 0.284 e. The van der Waals surface area contributed by atoms with E-state index in [2.05, 4.69) is 17.2 Å². The van der Waals surface area contributed by atoms with Gasteiger partial charge in [-0.2, -0.15) is 8.42 Å². The predicted octanol–water partition coefficient (Wildman–Crippen LogP) is 0.323. The molecule has 0 heterocycles. The zero-order valence-corrected chi connectivity index (χ0v) is 6.24. The summed E-state index contributed by atoms with van der Waals surface area (Å²) in [6, 6.07) is 0. The van der Waals surface area contributed by atoms with E-state index in [0.29, 0.717) is 0 Å². The van der Waals surface area contributed by atoms with Gasteiger partial charge in [-0.3, -0.25) is 4.55 Å². The first-order valence-corrected chi connectivity index (χ1v) is 3.93. The Balaban J connectivity index is 4.42. The molecule has 9 heavy (non-hydrogen) atoms. The number of rotatable bonds is 2. The van der Waals surface area contributed by atoms with Gasteiger partial charge in [-0.15, -0.1) is 0 Å². The molecular formula is C3H5NO3S2. The molecule has 0 saturated carbocycles. The maximum Gasteiger partial charge on any atom is 0.288 e. The Morgan fingerprint density at radius 3 is 2.33 bits per heavy atom. The van der Waals surface area contributed by atoms with Gasteiger partial charge >= 0.3 is 0 Å². The fourth-order valence-electron chi connectivity index (χ4n) is 0.141. The van der Waals surface area contributed by atoms with Crippen molar-refractivity contribution in [1.82, 2.24) is 0 Å². The van der Waals surface area contributed by atoms with Crippen LogP contribution < -0.4 is 0 Å². The summed E-state index contributed by atoms with van der Waals surface area (Å²) in [5.74, 6) is 0. The largest absolute Gasteiger partial charge is 0.288 e. The molecule has 0 radical (unpaired) electrons. The van der Waals surface area contributed by atoms with Crippen molar-refractivity contribution in [1.29, 1.82) is 0 Å². The maximum absolute atomic E-state index is 10.1. The minimum absolute atomic E-state index is 1.20. The third-order valence-electron chi connectivity index (χ3n) is 0.666. The first-order valence-electron chi connectivity index (χ1n) is 2.01. The average molecular weight is 167 g/mol. The lowest BCUT2D eigenvalue weighted by atomic mass is 10.8. The molecule has 0 aliphatic rings. The minimum Gasteiger partial charge on any atom is -0.284 e. The lowest BCUT2D eigenvalue weighted by molar-refractivity contribution is 0.472. The van der Waals surface area contributed by atoms with Crippen LogP contribution in [0.3, 0.4) is 0 Å². The van der Waals surface area contributed by atoms with E-state index >= 15 is 0 Å². The van der Waals surface area contributed by atoms with Gasteiger partial charge in [-0.25, -0.2) is 4.99 Å². The summed E-state index contributed by atoms with van der Waals surface area (Å²) in [5, 5.41) is 0.644. The highest BCUT2D eigenvalue weighted by Crippen LogP contribution is 1.95. The van der Waals surface area contributed by atoms with E-state index < -0.39 is 15.5 Å². The molecule has 1 atom stereocenters. The molecule has 0 fully saturated rings. The quantitative estimate of drug-likeness (QED) is 0.365. The van der Waals surface area contributed by atoms with Gasteiger partial charge in [0.25, 0.3) is 10.1 Å². The topological polar surface area (TPSA) is 66.7 Å². The summed E-state index contributed by atoms with van der Waals surface area (Å²) in [5.41, 5.74) is 0. The molecule has 52 valence electrons. The minimum atomic E-state index is -4.06. The Hall–Kier alpha value is -0.290. The molecule has 0 aromatic carbocycles. The van der Waals surface area contributed by atoms with E-state index in [1.807, 2.05) is 5.16 Å². The van der Waals surface area contributed by atoms with Gasteiger partial charge in [-0.1, -0.05) is 0 Å². The third-order valence-corrected chi connectivity index (χ3v) is 1.74. The summed E-state index contributed by atoms with van der Waals surface area (Å²) >= 11 is 4.10. The van der Waals surface area contributed by atoms with Crippen molar-refractivity contribution in [2.75, 3.05) is 0 Å². The zero-order chi connectivity index (χ0) is 7.49. The number of isothiocyanates is 1. The summed E-state index contributed by atoms with van der Waals surface area (Å²) in [7, 11) is -4.06. The van der Waals surface area contributed by atoms with Gasteiger partial charge < -0.3 is 0 Å². The van der Waals surface area contributed by atoms with Crippen molar-refractivity contribution < 1.29 is 13.0 Å². The molecule has 0 amide bonds. The van der Waals surface area contributed by atoms with Crippen molar-refractivity contribution in [2.24, 2.45) is 4.99 Å². The van der Waals surface area contributed by atoms with Gasteiger partial charge in [0.15, 0.2) is 5.37 Å². The molecule has 0 aliphatic heterocycles. The average Bonchev–Trinajstić information content (AvgIpc) is 1.64. The summed E-state index contributed by atoms with van der Waals surface area (Å²) < 4.78 is 28.4. The molecule has 1 N–H and O–H groups in total. The zero-order valence-electron chi connectivity index (χ0n) is 4.60. The summed E-state index contributed by atoms with van der Waals surface area (Å²) in [6.07, 6.45) is 0. The fraction of sp³-hybridized carbons (Fsp3) is 0.667. The van der Waals surface area contributed by atoms with Gasteiger partial charge in [0, 0.05) is 0 Å². The van der Waals surface area contributed by atoms with Crippen LogP contribution in [0.4, 0.5) is 0 Å². The number of thiocarbonyl (C=S) groups is 1. The van der Waals surface area contributed by atoms with Crippen LogP contribution in [0.2, 0.25) is 0 Å². The molecule has 0 rings (SSSR count). The number of hydrogen-bond donors (Lipinski definition) is 1. The van der Waals surface area contributed by atoms with E-state index in [0.717, 1.165) is 0 Å². The molecule has 4 nitrogen and oxygen atoms in total. The van der Waals surface area contributed by atoms with Crippen LogP contribution in [-0.2, 0) is 10.1 Å². The first kappa shape index (κ1) is 8.71. The highest BCUT2D eigenvalue weighted by Gasteiger charge is 2.13. The van der Waals surface area contributed by atoms with Gasteiger partial charge in [0.2, 0.25) is 0 Å². The Morgan fingerprint density at radius 2 is 2.22 bits per heavy atom. The number of aliphatic imine (C=N–C) groups is 1. The number of hydrogen-bond acceptors (Lipinski definition) is 4. The Kier molecular flexibility index (Phi) is 2.93. The number of nitrogens with zero attached hydrogens (tertiary/aromatic N) is 1. The van der Waals surface area contributed by atoms with Crippen LogP contribution in [0.15, 0.2) is 4.99 Å². The lowest BCUT2D eigenvalue weighted by Gasteiger charge is -1.95. The van der Waals surface area contributed by atoms with Crippen LogP contribution >= 0.6 is 12.2 Å². The van der Waals surface area contributed by atoms with E-state index in [1.165, 1.54) is 6.92 Å². The second kappa shape index (κ2) is 3.03. The van der Waals surface area contributed by atoms with Crippen molar-refractivity contribution in [2.45, 2.75) is 12.3 Å². The Bertz CT molecular complexity index is 225. The fourth-order valence-corrected chi connectivity index (χ4v) is 0.552. The molecule has 0 saturated heterocycles. The first-order chi connectivity index (χ1) is 3.98. The maximum atomic E-state index is 10.1. The predicted molar refractivity (Wildman–Crippen MR) is 36.0 cm³/mol. The van der Waals surface area contributed by atoms with Crippen molar-refractivity contribution in [3.8, 4) is 0 Å². The van der Waals surface area contributed by atoms with Crippen LogP contribution in [0.25, 0.3) is 0 Å². The van der Waals surface area contributed by atoms with Gasteiger partial charge in [0.1, 0.15) is 0 Å². The van der Waals surface area contributed by atoms with E-state index in [-0.39, 0.29) is 0 Å². The molecule has 0 aromatic rings. The van der Waals surface area contributed by atoms with E-state index in [9.17, 15) is 8.42 Å². The second-order valence-electron chi connectivity index (χ2n) is 1.33. The molecule has 0 aromatic heterocycles. The normalized spacial score (nSPS) is 14.0. The standard InChI is InChI=1S/C3H5NO3S2/c1-3(4-2-8)9(5,6)7/h3H,1H3,(H,5,6,7). The highest BCUT2D eigenvalue weighted by atomic mass is 32.2. The molecule has 1 unspecified atom stereocenters. The summed E-state index contributed by atoms with van der Waals surface area (Å²) in [6.45, 7) is 1.20. The van der Waals surface area contributed by atoms with Crippen LogP contribution in [0.1, 0.15) is 6.92 Å². The van der Waals surface area contributed by atoms with Crippen LogP contribution in [0, 0.1) is 0 Å². The molecule has 0 bridgehead atoms. The second-order valence-corrected chi connectivity index (χ2v) is 3.23. The molecule has 0 aliphatic carbocycles. The molecule has 6 heteroatoms. The monoisotopic (exact) mass is 167 g/mol. The summed E-state index contributed by atoms with van der Waals surface area (Å²) in [4.78, 5) is 3.12. The van der Waals surface area contributed by atoms with Crippen molar-refractivity contribution >= 4 is 27.5 Å².